The van der Waals surface area contributed by atoms with Gasteiger partial charge in [0, 0.05) is 0 Å². The quantitative estimate of drug-likeness (QED) is 0.584. The van der Waals surface area contributed by atoms with E-state index in [1.807, 2.05) is 0 Å². The van der Waals surface area contributed by atoms with Gasteiger partial charge in [0.25, 0.3) is 0 Å². The molecule has 0 aliphatic heterocycles. The Bertz CT molecular complexity index is 164. The van der Waals surface area contributed by atoms with Crippen LogP contribution in [0.15, 0.2) is 0 Å². The summed E-state index contributed by atoms with van der Waals surface area (Å²) >= 11 is 0. The van der Waals surface area contributed by atoms with E-state index in [9.17, 15) is 4.79 Å². The Morgan fingerprint density at radius 2 is 2.00 bits per heavy atom. The molecule has 0 aromatic heterocycles. The SMILES string of the molecule is NCOCC1(C(N)=O)CCCC1. The van der Waals surface area contributed by atoms with Gasteiger partial charge in [-0.05, 0) is 12.8 Å². The van der Waals surface area contributed by atoms with Crippen LogP contribution in [0.25, 0.3) is 0 Å². The van der Waals surface area contributed by atoms with Crippen LogP contribution in [0.4, 0.5) is 0 Å². The minimum Gasteiger partial charge on any atom is -0.369 e. The van der Waals surface area contributed by atoms with E-state index in [1.165, 1.54) is 0 Å². The van der Waals surface area contributed by atoms with Gasteiger partial charge in [-0.15, -0.1) is 0 Å². The summed E-state index contributed by atoms with van der Waals surface area (Å²) in [7, 11) is 0. The van der Waals surface area contributed by atoms with Crippen molar-refractivity contribution in [3.05, 3.63) is 0 Å². The van der Waals surface area contributed by atoms with Crippen molar-refractivity contribution >= 4 is 5.91 Å². The van der Waals surface area contributed by atoms with E-state index in [-0.39, 0.29) is 12.6 Å². The summed E-state index contributed by atoms with van der Waals surface area (Å²) in [5.41, 5.74) is 10.1. The maximum Gasteiger partial charge on any atom is 0.225 e. The first-order valence-electron chi connectivity index (χ1n) is 4.29. The third-order valence-electron chi connectivity index (χ3n) is 2.58. The molecule has 1 rings (SSSR count). The molecule has 0 aromatic rings. The highest BCUT2D eigenvalue weighted by atomic mass is 16.5. The van der Waals surface area contributed by atoms with Crippen molar-refractivity contribution in [2.24, 2.45) is 16.9 Å². The standard InChI is InChI=1S/C8H16N2O2/c9-6-12-5-8(7(10)11)3-1-2-4-8/h1-6,9H2,(H2,10,11). The lowest BCUT2D eigenvalue weighted by Gasteiger charge is -2.23. The van der Waals surface area contributed by atoms with Gasteiger partial charge in [-0.2, -0.15) is 0 Å². The zero-order chi connectivity index (χ0) is 9.03. The minimum absolute atomic E-state index is 0.162. The average Bonchev–Trinajstić information content (AvgIpc) is 2.50. The number of nitrogens with two attached hydrogens (primary N) is 2. The third-order valence-corrected chi connectivity index (χ3v) is 2.58. The molecule has 0 saturated heterocycles. The fourth-order valence-corrected chi connectivity index (χ4v) is 1.77. The number of rotatable bonds is 4. The molecule has 1 amide bonds. The summed E-state index contributed by atoms with van der Waals surface area (Å²) < 4.78 is 5.06. The predicted molar refractivity (Wildman–Crippen MR) is 45.1 cm³/mol. The van der Waals surface area contributed by atoms with Crippen LogP contribution in [-0.4, -0.2) is 19.2 Å². The maximum absolute atomic E-state index is 11.1. The lowest BCUT2D eigenvalue weighted by molar-refractivity contribution is -0.131. The van der Waals surface area contributed by atoms with Gasteiger partial charge < -0.3 is 16.2 Å². The molecule has 12 heavy (non-hydrogen) atoms. The highest BCUT2D eigenvalue weighted by Crippen LogP contribution is 2.37. The molecule has 0 atom stereocenters. The van der Waals surface area contributed by atoms with Crippen molar-refractivity contribution < 1.29 is 9.53 Å². The summed E-state index contributed by atoms with van der Waals surface area (Å²) in [6.45, 7) is 0.549. The van der Waals surface area contributed by atoms with E-state index >= 15 is 0 Å². The van der Waals surface area contributed by atoms with Crippen LogP contribution in [-0.2, 0) is 9.53 Å². The molecule has 0 aromatic carbocycles. The van der Waals surface area contributed by atoms with Crippen molar-refractivity contribution in [1.29, 1.82) is 0 Å². The second kappa shape index (κ2) is 3.87. The zero-order valence-corrected chi connectivity index (χ0v) is 7.21. The summed E-state index contributed by atoms with van der Waals surface area (Å²) in [6, 6.07) is 0. The molecule has 4 N–H and O–H groups in total. The molecule has 1 aliphatic carbocycles. The second-order valence-corrected chi connectivity index (χ2v) is 3.37. The summed E-state index contributed by atoms with van der Waals surface area (Å²) in [6.07, 6.45) is 3.83. The van der Waals surface area contributed by atoms with Crippen molar-refractivity contribution in [3.63, 3.8) is 0 Å². The predicted octanol–water partition coefficient (Wildman–Crippen LogP) is -0.0351. The van der Waals surface area contributed by atoms with Crippen LogP contribution >= 0.6 is 0 Å². The van der Waals surface area contributed by atoms with Gasteiger partial charge in [-0.3, -0.25) is 4.79 Å². The molecule has 0 bridgehead atoms. The van der Waals surface area contributed by atoms with E-state index < -0.39 is 5.41 Å². The van der Waals surface area contributed by atoms with Gasteiger partial charge in [0.2, 0.25) is 5.91 Å². The number of ether oxygens (including phenoxy) is 1. The Hall–Kier alpha value is -0.610. The number of carbonyl (C=O) groups is 1. The van der Waals surface area contributed by atoms with Gasteiger partial charge in [-0.1, -0.05) is 12.8 Å². The molecule has 4 heteroatoms. The minimum atomic E-state index is -0.417. The van der Waals surface area contributed by atoms with Gasteiger partial charge in [0.15, 0.2) is 0 Å². The summed E-state index contributed by atoms with van der Waals surface area (Å²) in [4.78, 5) is 11.1. The second-order valence-electron chi connectivity index (χ2n) is 3.37. The summed E-state index contributed by atoms with van der Waals surface area (Å²) in [5.74, 6) is -0.242. The number of amides is 1. The molecule has 4 nitrogen and oxygen atoms in total. The number of primary amides is 1. The van der Waals surface area contributed by atoms with E-state index in [2.05, 4.69) is 0 Å². The molecular formula is C8H16N2O2. The van der Waals surface area contributed by atoms with Crippen molar-refractivity contribution in [2.45, 2.75) is 25.7 Å². The van der Waals surface area contributed by atoms with E-state index in [0.29, 0.717) is 6.61 Å². The molecular weight excluding hydrogens is 156 g/mol. The first-order chi connectivity index (χ1) is 5.71. The van der Waals surface area contributed by atoms with E-state index in [0.717, 1.165) is 25.7 Å². The van der Waals surface area contributed by atoms with Crippen LogP contribution in [0.5, 0.6) is 0 Å². The third kappa shape index (κ3) is 1.76. The molecule has 1 saturated carbocycles. The highest BCUT2D eigenvalue weighted by molar-refractivity contribution is 5.81. The Morgan fingerprint density at radius 3 is 2.42 bits per heavy atom. The van der Waals surface area contributed by atoms with Crippen molar-refractivity contribution in [3.8, 4) is 0 Å². The molecule has 1 aliphatic rings. The lowest BCUT2D eigenvalue weighted by Crippen LogP contribution is -2.39. The Balaban J connectivity index is 2.53. The summed E-state index contributed by atoms with van der Waals surface area (Å²) in [5, 5.41) is 0. The number of carbonyl (C=O) groups excluding carboxylic acids is 1. The van der Waals surface area contributed by atoms with Crippen LogP contribution in [0.3, 0.4) is 0 Å². The van der Waals surface area contributed by atoms with E-state index in [1.54, 1.807) is 0 Å². The molecule has 0 unspecified atom stereocenters. The molecule has 0 radical (unpaired) electrons. The molecule has 1 fully saturated rings. The van der Waals surface area contributed by atoms with Gasteiger partial charge in [-0.25, -0.2) is 0 Å². The topological polar surface area (TPSA) is 78.3 Å². The van der Waals surface area contributed by atoms with Gasteiger partial charge in [0.1, 0.15) is 0 Å². The fourth-order valence-electron chi connectivity index (χ4n) is 1.77. The van der Waals surface area contributed by atoms with Crippen LogP contribution in [0, 0.1) is 5.41 Å². The van der Waals surface area contributed by atoms with Gasteiger partial charge >= 0.3 is 0 Å². The van der Waals surface area contributed by atoms with Crippen LogP contribution in [0.1, 0.15) is 25.7 Å². The molecule has 0 spiro atoms. The highest BCUT2D eigenvalue weighted by Gasteiger charge is 2.39. The first-order valence-corrected chi connectivity index (χ1v) is 4.29. The first kappa shape index (κ1) is 9.48. The molecule has 0 heterocycles. The molecule has 70 valence electrons. The van der Waals surface area contributed by atoms with Gasteiger partial charge in [0.05, 0.1) is 18.8 Å². The monoisotopic (exact) mass is 172 g/mol. The van der Waals surface area contributed by atoms with Crippen LogP contribution in [0.2, 0.25) is 0 Å². The van der Waals surface area contributed by atoms with Crippen molar-refractivity contribution in [2.75, 3.05) is 13.3 Å². The fraction of sp³-hybridized carbons (Fsp3) is 0.875. The lowest BCUT2D eigenvalue weighted by atomic mass is 9.86. The average molecular weight is 172 g/mol. The number of hydrogen-bond acceptors (Lipinski definition) is 3. The largest absolute Gasteiger partial charge is 0.369 e. The smallest absolute Gasteiger partial charge is 0.225 e. The Morgan fingerprint density at radius 1 is 1.42 bits per heavy atom. The zero-order valence-electron chi connectivity index (χ0n) is 7.21. The Labute approximate surface area is 72.2 Å². The maximum atomic E-state index is 11.1. The Kier molecular flexibility index (Phi) is 3.05. The van der Waals surface area contributed by atoms with E-state index in [4.69, 9.17) is 16.2 Å². The normalized spacial score (nSPS) is 21.1. The van der Waals surface area contributed by atoms with Crippen LogP contribution < -0.4 is 11.5 Å². The van der Waals surface area contributed by atoms with Crippen molar-refractivity contribution in [1.82, 2.24) is 0 Å². The number of hydrogen-bond donors (Lipinski definition) is 2.